The first-order valence-electron chi connectivity index (χ1n) is 6.66. The lowest BCUT2D eigenvalue weighted by Crippen LogP contribution is -2.53. The predicted octanol–water partition coefficient (Wildman–Crippen LogP) is 0.373. The molecule has 2 N–H and O–H groups in total. The van der Waals surface area contributed by atoms with E-state index in [4.69, 9.17) is 9.84 Å². The van der Waals surface area contributed by atoms with Crippen molar-refractivity contribution in [2.45, 2.75) is 51.9 Å². The maximum absolute atomic E-state index is 11.9. The number of nitrogens with one attached hydrogen (secondary N) is 1. The van der Waals surface area contributed by atoms with Crippen molar-refractivity contribution in [3.63, 3.8) is 0 Å². The van der Waals surface area contributed by atoms with Crippen LogP contribution in [-0.2, 0) is 9.53 Å². The zero-order chi connectivity index (χ0) is 13.8. The van der Waals surface area contributed by atoms with Gasteiger partial charge < -0.3 is 15.2 Å². The van der Waals surface area contributed by atoms with Crippen molar-refractivity contribution in [2.24, 2.45) is 0 Å². The number of hydrogen-bond donors (Lipinski definition) is 2. The second-order valence-electron chi connectivity index (χ2n) is 5.73. The maximum atomic E-state index is 11.9. The van der Waals surface area contributed by atoms with Gasteiger partial charge in [-0.2, -0.15) is 0 Å². The normalized spacial score (nSPS) is 26.1. The number of ether oxygens (including phenoxy) is 1. The van der Waals surface area contributed by atoms with Crippen LogP contribution >= 0.6 is 0 Å². The van der Waals surface area contributed by atoms with Gasteiger partial charge in [-0.15, -0.1) is 0 Å². The van der Waals surface area contributed by atoms with Gasteiger partial charge in [-0.3, -0.25) is 9.69 Å². The first kappa shape index (κ1) is 15.4. The van der Waals surface area contributed by atoms with Crippen molar-refractivity contribution < 1.29 is 14.6 Å². The molecule has 0 aliphatic carbocycles. The molecule has 106 valence electrons. The van der Waals surface area contributed by atoms with E-state index in [0.29, 0.717) is 13.1 Å². The fraction of sp³-hybridized carbons (Fsp3) is 0.923. The highest BCUT2D eigenvalue weighted by atomic mass is 16.5. The third-order valence-electron chi connectivity index (χ3n) is 3.33. The lowest BCUT2D eigenvalue weighted by Gasteiger charge is -2.36. The summed E-state index contributed by atoms with van der Waals surface area (Å²) < 4.78 is 5.55. The summed E-state index contributed by atoms with van der Waals surface area (Å²) in [6, 6.07) is 0. The van der Waals surface area contributed by atoms with E-state index in [9.17, 15) is 4.79 Å². The Kier molecular flexibility index (Phi) is 5.56. The number of aliphatic hydroxyl groups is 1. The lowest BCUT2D eigenvalue weighted by molar-refractivity contribution is -0.130. The number of rotatable bonds is 5. The summed E-state index contributed by atoms with van der Waals surface area (Å²) in [5, 5.41) is 12.1. The number of nitrogens with zero attached hydrogens (tertiary/aromatic N) is 1. The Hall–Kier alpha value is -0.650. The van der Waals surface area contributed by atoms with Gasteiger partial charge >= 0.3 is 0 Å². The quantitative estimate of drug-likeness (QED) is 0.748. The zero-order valence-corrected chi connectivity index (χ0v) is 11.9. The molecule has 0 spiro atoms. The Balaban J connectivity index is 2.44. The molecule has 1 saturated heterocycles. The zero-order valence-electron chi connectivity index (χ0n) is 11.9. The molecule has 1 aliphatic heterocycles. The molecule has 1 aliphatic rings. The highest BCUT2D eigenvalue weighted by Gasteiger charge is 2.27. The Morgan fingerprint density at radius 2 is 2.17 bits per heavy atom. The maximum Gasteiger partial charge on any atom is 0.234 e. The van der Waals surface area contributed by atoms with Gasteiger partial charge in [-0.05, 0) is 27.2 Å². The first-order chi connectivity index (χ1) is 8.36. The van der Waals surface area contributed by atoms with Gasteiger partial charge in [0.1, 0.15) is 0 Å². The molecule has 2 unspecified atom stereocenters. The van der Waals surface area contributed by atoms with Crippen LogP contribution in [0.1, 0.15) is 34.1 Å². The van der Waals surface area contributed by atoms with Crippen molar-refractivity contribution in [1.82, 2.24) is 10.2 Å². The number of aliphatic hydroxyl groups excluding tert-OH is 1. The van der Waals surface area contributed by atoms with Crippen LogP contribution in [0.4, 0.5) is 0 Å². The second-order valence-corrected chi connectivity index (χ2v) is 5.73. The summed E-state index contributed by atoms with van der Waals surface area (Å²) >= 11 is 0. The van der Waals surface area contributed by atoms with Crippen LogP contribution in [0.3, 0.4) is 0 Å². The SMILES string of the molecule is CCC(C)(C)NC(=O)CN1CC(C)OC(CO)C1. The van der Waals surface area contributed by atoms with Gasteiger partial charge in [0.2, 0.25) is 5.91 Å². The minimum absolute atomic E-state index is 0.00289. The minimum Gasteiger partial charge on any atom is -0.394 e. The van der Waals surface area contributed by atoms with Crippen LogP contribution in [0.25, 0.3) is 0 Å². The third kappa shape index (κ3) is 4.92. The third-order valence-corrected chi connectivity index (χ3v) is 3.33. The van der Waals surface area contributed by atoms with Gasteiger partial charge in [0.15, 0.2) is 0 Å². The molecule has 1 amide bonds. The van der Waals surface area contributed by atoms with E-state index >= 15 is 0 Å². The molecule has 0 aromatic carbocycles. The van der Waals surface area contributed by atoms with Crippen molar-refractivity contribution >= 4 is 5.91 Å². The van der Waals surface area contributed by atoms with Gasteiger partial charge in [0.25, 0.3) is 0 Å². The van der Waals surface area contributed by atoms with Crippen molar-refractivity contribution in [1.29, 1.82) is 0 Å². The van der Waals surface area contributed by atoms with E-state index in [1.165, 1.54) is 0 Å². The van der Waals surface area contributed by atoms with E-state index in [1.807, 2.05) is 25.7 Å². The predicted molar refractivity (Wildman–Crippen MR) is 70.4 cm³/mol. The molecule has 0 aromatic rings. The number of morpholine rings is 1. The highest BCUT2D eigenvalue weighted by Crippen LogP contribution is 2.11. The molecule has 0 saturated carbocycles. The molecule has 5 heteroatoms. The Morgan fingerprint density at radius 3 is 2.72 bits per heavy atom. The van der Waals surface area contributed by atoms with Gasteiger partial charge in [0.05, 0.1) is 25.4 Å². The van der Waals surface area contributed by atoms with E-state index in [2.05, 4.69) is 12.2 Å². The molecule has 0 bridgehead atoms. The molecule has 0 radical (unpaired) electrons. The largest absolute Gasteiger partial charge is 0.394 e. The van der Waals surface area contributed by atoms with E-state index < -0.39 is 0 Å². The topological polar surface area (TPSA) is 61.8 Å². The lowest BCUT2D eigenvalue weighted by atomic mass is 10.0. The van der Waals surface area contributed by atoms with Crippen LogP contribution in [0, 0.1) is 0 Å². The van der Waals surface area contributed by atoms with Crippen LogP contribution < -0.4 is 5.32 Å². The highest BCUT2D eigenvalue weighted by molar-refractivity contribution is 5.78. The summed E-state index contributed by atoms with van der Waals surface area (Å²) in [7, 11) is 0. The summed E-state index contributed by atoms with van der Waals surface area (Å²) in [6.07, 6.45) is 0.779. The number of carbonyl (C=O) groups excluding carboxylic acids is 1. The molecule has 18 heavy (non-hydrogen) atoms. The van der Waals surface area contributed by atoms with Crippen molar-refractivity contribution in [2.75, 3.05) is 26.2 Å². The van der Waals surface area contributed by atoms with Crippen molar-refractivity contribution in [3.8, 4) is 0 Å². The average Bonchev–Trinajstić information content (AvgIpc) is 2.27. The van der Waals surface area contributed by atoms with E-state index in [-0.39, 0.29) is 30.3 Å². The number of carbonyl (C=O) groups is 1. The fourth-order valence-electron chi connectivity index (χ4n) is 2.08. The average molecular weight is 258 g/mol. The Labute approximate surface area is 109 Å². The number of hydrogen-bond acceptors (Lipinski definition) is 4. The first-order valence-corrected chi connectivity index (χ1v) is 6.66. The smallest absolute Gasteiger partial charge is 0.234 e. The van der Waals surface area contributed by atoms with Crippen LogP contribution in [0.15, 0.2) is 0 Å². The van der Waals surface area contributed by atoms with E-state index in [1.54, 1.807) is 0 Å². The van der Waals surface area contributed by atoms with Gasteiger partial charge in [-0.25, -0.2) is 0 Å². The summed E-state index contributed by atoms with van der Waals surface area (Å²) in [4.78, 5) is 14.0. The molecule has 1 rings (SSSR count). The summed E-state index contributed by atoms with van der Waals surface area (Å²) in [5.74, 6) is 0.0349. The summed E-state index contributed by atoms with van der Waals surface area (Å²) in [6.45, 7) is 9.77. The molecular formula is C13H26N2O3. The monoisotopic (exact) mass is 258 g/mol. The Morgan fingerprint density at radius 1 is 1.50 bits per heavy atom. The second kappa shape index (κ2) is 6.50. The van der Waals surface area contributed by atoms with Crippen LogP contribution in [0.5, 0.6) is 0 Å². The standard InChI is InChI=1S/C13H26N2O3/c1-5-13(3,4)14-12(17)8-15-6-10(2)18-11(7-15)9-16/h10-11,16H,5-9H2,1-4H3,(H,14,17). The van der Waals surface area contributed by atoms with Crippen molar-refractivity contribution in [3.05, 3.63) is 0 Å². The molecule has 1 heterocycles. The van der Waals surface area contributed by atoms with Gasteiger partial charge in [0, 0.05) is 18.6 Å². The number of amides is 1. The summed E-state index contributed by atoms with van der Waals surface area (Å²) in [5.41, 5.74) is -0.161. The molecule has 2 atom stereocenters. The Bertz CT molecular complexity index is 281. The van der Waals surface area contributed by atoms with E-state index in [0.717, 1.165) is 13.0 Å². The molecule has 5 nitrogen and oxygen atoms in total. The fourth-order valence-corrected chi connectivity index (χ4v) is 2.08. The molecular weight excluding hydrogens is 232 g/mol. The molecule has 1 fully saturated rings. The van der Waals surface area contributed by atoms with Crippen LogP contribution in [-0.4, -0.2) is 59.9 Å². The van der Waals surface area contributed by atoms with Gasteiger partial charge in [-0.1, -0.05) is 6.92 Å². The minimum atomic E-state index is -0.180. The molecule has 0 aromatic heterocycles. The van der Waals surface area contributed by atoms with Crippen LogP contribution in [0.2, 0.25) is 0 Å².